The zero-order chi connectivity index (χ0) is 15.4. The van der Waals surface area contributed by atoms with Crippen molar-refractivity contribution < 1.29 is 14.6 Å². The summed E-state index contributed by atoms with van der Waals surface area (Å²) in [5, 5.41) is 7.42. The van der Waals surface area contributed by atoms with Crippen molar-refractivity contribution in [3.63, 3.8) is 0 Å². The minimum absolute atomic E-state index is 0.224. The van der Waals surface area contributed by atoms with Gasteiger partial charge in [-0.15, -0.1) is 0 Å². The molecule has 4 saturated carbocycles. The summed E-state index contributed by atoms with van der Waals surface area (Å²) in [5.74, 6) is -0.833. The molecule has 4 aliphatic carbocycles. The molecule has 0 aliphatic heterocycles. The Bertz CT molecular complexity index is 398. The van der Waals surface area contributed by atoms with E-state index >= 15 is 0 Å². The van der Waals surface area contributed by atoms with Crippen LogP contribution in [-0.2, 0) is 9.53 Å². The normalized spacial score (nSPS) is 40.9. The Morgan fingerprint density at radius 2 is 1.14 bits per heavy atom. The molecule has 1 N–H and O–H groups in total. The predicted octanol–water partition coefficient (Wildman–Crippen LogP) is 4.54. The lowest BCUT2D eigenvalue weighted by Crippen LogP contribution is -2.47. The molecule has 2 atom stereocenters. The number of hydrogen-bond acceptors (Lipinski definition) is 2. The van der Waals surface area contributed by atoms with Gasteiger partial charge in [0.05, 0.1) is 11.2 Å². The smallest absolute Gasteiger partial charge is 0.300 e. The molecular formula is C18H30O3. The number of rotatable bonds is 2. The van der Waals surface area contributed by atoms with E-state index in [4.69, 9.17) is 14.6 Å². The summed E-state index contributed by atoms with van der Waals surface area (Å²) in [6.07, 6.45) is 14.1. The molecule has 0 amide bonds. The quantitative estimate of drug-likeness (QED) is 0.813. The number of aliphatic carboxylic acids is 1. The third-order valence-corrected chi connectivity index (χ3v) is 7.02. The molecule has 0 aromatic heterocycles. The van der Waals surface area contributed by atoms with Crippen molar-refractivity contribution in [2.75, 3.05) is 0 Å². The van der Waals surface area contributed by atoms with Gasteiger partial charge in [0.2, 0.25) is 0 Å². The van der Waals surface area contributed by atoms with E-state index in [1.54, 1.807) is 0 Å². The first kappa shape index (κ1) is 15.3. The van der Waals surface area contributed by atoms with Crippen LogP contribution in [0, 0.1) is 10.8 Å². The minimum Gasteiger partial charge on any atom is -0.481 e. The third-order valence-electron chi connectivity index (χ3n) is 7.02. The molecule has 0 aromatic carbocycles. The Hall–Kier alpha value is -0.570. The second kappa shape index (κ2) is 4.71. The molecule has 2 spiro atoms. The van der Waals surface area contributed by atoms with E-state index in [0.29, 0.717) is 10.8 Å². The van der Waals surface area contributed by atoms with Gasteiger partial charge in [0.25, 0.3) is 5.97 Å². The maximum atomic E-state index is 9.00. The topological polar surface area (TPSA) is 46.5 Å². The van der Waals surface area contributed by atoms with E-state index in [0.717, 1.165) is 6.92 Å². The maximum Gasteiger partial charge on any atom is 0.300 e. The second-order valence-corrected chi connectivity index (χ2v) is 8.35. The van der Waals surface area contributed by atoms with Crippen LogP contribution in [0.1, 0.15) is 85.0 Å². The molecule has 0 radical (unpaired) electrons. The van der Waals surface area contributed by atoms with Gasteiger partial charge in [-0.3, -0.25) is 4.79 Å². The minimum atomic E-state index is -0.833. The lowest BCUT2D eigenvalue weighted by molar-refractivity contribution is -0.184. The fraction of sp³-hybridized carbons (Fsp3) is 0.944. The van der Waals surface area contributed by atoms with E-state index in [2.05, 4.69) is 13.8 Å². The number of ether oxygens (including phenoxy) is 1. The van der Waals surface area contributed by atoms with E-state index < -0.39 is 5.97 Å². The van der Waals surface area contributed by atoms with Gasteiger partial charge in [-0.1, -0.05) is 0 Å². The van der Waals surface area contributed by atoms with Crippen molar-refractivity contribution >= 4 is 5.97 Å². The van der Waals surface area contributed by atoms with Gasteiger partial charge in [0.15, 0.2) is 0 Å². The Morgan fingerprint density at radius 3 is 1.43 bits per heavy atom. The zero-order valence-electron chi connectivity index (χ0n) is 13.8. The molecule has 4 rings (SSSR count). The highest BCUT2D eigenvalue weighted by atomic mass is 16.5. The fourth-order valence-corrected chi connectivity index (χ4v) is 5.26. The van der Waals surface area contributed by atoms with Gasteiger partial charge in [-0.2, -0.15) is 0 Å². The largest absolute Gasteiger partial charge is 0.481 e. The van der Waals surface area contributed by atoms with Crippen molar-refractivity contribution in [1.29, 1.82) is 0 Å². The van der Waals surface area contributed by atoms with Crippen LogP contribution in [0.5, 0.6) is 0 Å². The van der Waals surface area contributed by atoms with Crippen molar-refractivity contribution in [3.05, 3.63) is 0 Å². The van der Waals surface area contributed by atoms with E-state index in [1.165, 1.54) is 64.2 Å². The maximum absolute atomic E-state index is 9.00. The average molecular weight is 294 g/mol. The van der Waals surface area contributed by atoms with E-state index in [1.807, 2.05) is 0 Å². The standard InChI is InChI=1S/C16H26O.C2H4O2/c1-13(5-3-7-15(13)9-10-15)17-14(2)6-4-8-16(14)11-12-16;1-2(3)4/h3-12H2,1-2H3;1H3,(H,3,4). The molecule has 120 valence electrons. The molecule has 3 nitrogen and oxygen atoms in total. The van der Waals surface area contributed by atoms with Gasteiger partial charge < -0.3 is 9.84 Å². The third kappa shape index (κ3) is 2.42. The summed E-state index contributed by atoms with van der Waals surface area (Å²) in [7, 11) is 0. The van der Waals surface area contributed by atoms with Gasteiger partial charge in [-0.05, 0) is 88.9 Å². The van der Waals surface area contributed by atoms with Crippen molar-refractivity contribution in [3.8, 4) is 0 Å². The van der Waals surface area contributed by atoms with Crippen molar-refractivity contribution in [2.45, 2.75) is 96.2 Å². The summed E-state index contributed by atoms with van der Waals surface area (Å²) in [6, 6.07) is 0. The SMILES string of the molecule is CC(=O)O.CC1(OC2(C)CCCC23CC3)CCCC12CC2. The van der Waals surface area contributed by atoms with Crippen LogP contribution in [0.15, 0.2) is 0 Å². The number of carbonyl (C=O) groups is 1. The van der Waals surface area contributed by atoms with Crippen LogP contribution >= 0.6 is 0 Å². The van der Waals surface area contributed by atoms with Crippen LogP contribution in [0.3, 0.4) is 0 Å². The summed E-state index contributed by atoms with van der Waals surface area (Å²) in [6.45, 7) is 5.96. The van der Waals surface area contributed by atoms with Crippen LogP contribution in [0.4, 0.5) is 0 Å². The highest BCUT2D eigenvalue weighted by Crippen LogP contribution is 2.70. The van der Waals surface area contributed by atoms with Gasteiger partial charge in [0.1, 0.15) is 0 Å². The lowest BCUT2D eigenvalue weighted by atomic mass is 9.84. The van der Waals surface area contributed by atoms with E-state index in [-0.39, 0.29) is 11.2 Å². The molecule has 21 heavy (non-hydrogen) atoms. The zero-order valence-corrected chi connectivity index (χ0v) is 13.8. The highest BCUT2D eigenvalue weighted by Gasteiger charge is 2.67. The fourth-order valence-electron chi connectivity index (χ4n) is 5.26. The first-order valence-corrected chi connectivity index (χ1v) is 8.66. The Balaban J connectivity index is 0.000000298. The number of hydrogen-bond donors (Lipinski definition) is 1. The highest BCUT2D eigenvalue weighted by molar-refractivity contribution is 5.62. The van der Waals surface area contributed by atoms with Crippen LogP contribution in [0.2, 0.25) is 0 Å². The Labute approximate surface area is 128 Å². The summed E-state index contributed by atoms with van der Waals surface area (Å²) < 4.78 is 6.90. The van der Waals surface area contributed by atoms with Crippen LogP contribution in [0.25, 0.3) is 0 Å². The van der Waals surface area contributed by atoms with Gasteiger partial charge in [0, 0.05) is 6.92 Å². The first-order chi connectivity index (χ1) is 9.77. The number of carboxylic acids is 1. The monoisotopic (exact) mass is 294 g/mol. The molecule has 0 heterocycles. The molecule has 0 saturated heterocycles. The molecular weight excluding hydrogens is 264 g/mol. The first-order valence-electron chi connectivity index (χ1n) is 8.66. The van der Waals surface area contributed by atoms with Crippen molar-refractivity contribution in [2.24, 2.45) is 10.8 Å². The van der Waals surface area contributed by atoms with Crippen LogP contribution < -0.4 is 0 Å². The summed E-state index contributed by atoms with van der Waals surface area (Å²) >= 11 is 0. The average Bonchev–Trinajstić information content (AvgIpc) is 3.20. The van der Waals surface area contributed by atoms with Crippen molar-refractivity contribution in [1.82, 2.24) is 0 Å². The molecule has 0 bridgehead atoms. The van der Waals surface area contributed by atoms with Crippen LogP contribution in [-0.4, -0.2) is 22.3 Å². The molecule has 3 heteroatoms. The predicted molar refractivity (Wildman–Crippen MR) is 82.2 cm³/mol. The molecule has 4 fully saturated rings. The Kier molecular flexibility index (Phi) is 3.44. The van der Waals surface area contributed by atoms with Gasteiger partial charge in [-0.25, -0.2) is 0 Å². The molecule has 2 unspecified atom stereocenters. The molecule has 0 aromatic rings. The lowest BCUT2D eigenvalue weighted by Gasteiger charge is -2.44. The number of carboxylic acid groups (broad SMARTS) is 1. The van der Waals surface area contributed by atoms with Gasteiger partial charge >= 0.3 is 0 Å². The second-order valence-electron chi connectivity index (χ2n) is 8.35. The summed E-state index contributed by atoms with van der Waals surface area (Å²) in [4.78, 5) is 9.00. The summed E-state index contributed by atoms with van der Waals surface area (Å²) in [5.41, 5.74) is 1.66. The Morgan fingerprint density at radius 1 is 0.810 bits per heavy atom. The molecule has 4 aliphatic rings. The van der Waals surface area contributed by atoms with E-state index in [9.17, 15) is 0 Å².